The summed E-state index contributed by atoms with van der Waals surface area (Å²) in [6.07, 6.45) is -1.00. The number of anilines is 1. The number of ether oxygens (including phenoxy) is 2. The molecule has 1 aliphatic rings. The fraction of sp³-hybridized carbons (Fsp3) is 0.345. The molecule has 4 rings (SSSR count). The van der Waals surface area contributed by atoms with Crippen molar-refractivity contribution in [1.29, 1.82) is 0 Å². The quantitative estimate of drug-likeness (QED) is 0.453. The van der Waals surface area contributed by atoms with Gasteiger partial charge in [0.1, 0.15) is 18.1 Å². The molecule has 1 aliphatic heterocycles. The first-order chi connectivity index (χ1) is 17.5. The SMILES string of the molecule is Cc1ccc(S(=O)(=O)N2C[C@H](C(=O)NCCOc3ccccc3C(C)(C)C)Oc3cc(C)ccc32)cc1. The van der Waals surface area contributed by atoms with Gasteiger partial charge in [-0.15, -0.1) is 0 Å². The number of rotatable bonds is 7. The lowest BCUT2D eigenvalue weighted by molar-refractivity contribution is -0.127. The molecule has 0 aromatic heterocycles. The summed E-state index contributed by atoms with van der Waals surface area (Å²) in [7, 11) is -3.90. The Labute approximate surface area is 219 Å². The van der Waals surface area contributed by atoms with Crippen molar-refractivity contribution in [3.63, 3.8) is 0 Å². The summed E-state index contributed by atoms with van der Waals surface area (Å²) in [5.74, 6) is 0.736. The van der Waals surface area contributed by atoms with Gasteiger partial charge in [0, 0.05) is 0 Å². The first kappa shape index (κ1) is 26.5. The zero-order valence-electron chi connectivity index (χ0n) is 21.9. The van der Waals surface area contributed by atoms with E-state index in [1.807, 2.05) is 44.2 Å². The van der Waals surface area contributed by atoms with Gasteiger partial charge in [0.05, 0.1) is 23.7 Å². The second-order valence-electron chi connectivity index (χ2n) is 10.3. The van der Waals surface area contributed by atoms with Crippen molar-refractivity contribution in [3.05, 3.63) is 83.4 Å². The first-order valence-electron chi connectivity index (χ1n) is 12.3. The lowest BCUT2D eigenvalue weighted by Gasteiger charge is -2.35. The summed E-state index contributed by atoms with van der Waals surface area (Å²) in [6, 6.07) is 19.8. The van der Waals surface area contributed by atoms with Gasteiger partial charge in [-0.1, -0.05) is 62.7 Å². The molecule has 3 aromatic rings. The normalized spacial score (nSPS) is 15.5. The zero-order chi connectivity index (χ0) is 26.8. The minimum absolute atomic E-state index is 0.0757. The fourth-order valence-corrected chi connectivity index (χ4v) is 5.70. The summed E-state index contributed by atoms with van der Waals surface area (Å²) in [4.78, 5) is 13.2. The van der Waals surface area contributed by atoms with Gasteiger partial charge in [-0.05, 0) is 60.7 Å². The first-order valence-corrected chi connectivity index (χ1v) is 13.8. The molecule has 3 aromatic carbocycles. The number of nitrogens with zero attached hydrogens (tertiary/aromatic N) is 1. The van der Waals surface area contributed by atoms with E-state index in [2.05, 4.69) is 26.1 Å². The van der Waals surface area contributed by atoms with Gasteiger partial charge >= 0.3 is 0 Å². The number of sulfonamides is 1. The molecule has 0 saturated carbocycles. The van der Waals surface area contributed by atoms with Crippen LogP contribution in [0.5, 0.6) is 11.5 Å². The Bertz CT molecular complexity index is 1380. The van der Waals surface area contributed by atoms with E-state index < -0.39 is 22.0 Å². The molecule has 1 atom stereocenters. The van der Waals surface area contributed by atoms with Crippen LogP contribution in [-0.4, -0.2) is 40.1 Å². The monoisotopic (exact) mass is 522 g/mol. The zero-order valence-corrected chi connectivity index (χ0v) is 22.8. The maximum atomic E-state index is 13.6. The second-order valence-corrected chi connectivity index (χ2v) is 12.2. The number of hydrogen-bond acceptors (Lipinski definition) is 5. The number of nitrogens with one attached hydrogen (secondary N) is 1. The van der Waals surface area contributed by atoms with E-state index in [-0.39, 0.29) is 30.0 Å². The van der Waals surface area contributed by atoms with Crippen LogP contribution in [0.3, 0.4) is 0 Å². The molecule has 0 radical (unpaired) electrons. The van der Waals surface area contributed by atoms with Crippen LogP contribution in [0.15, 0.2) is 71.6 Å². The second kappa shape index (κ2) is 10.5. The predicted octanol–water partition coefficient (Wildman–Crippen LogP) is 4.75. The largest absolute Gasteiger partial charge is 0.491 e. The van der Waals surface area contributed by atoms with Crippen LogP contribution in [0.25, 0.3) is 0 Å². The van der Waals surface area contributed by atoms with E-state index in [1.165, 1.54) is 4.31 Å². The van der Waals surface area contributed by atoms with E-state index in [0.717, 1.165) is 22.4 Å². The van der Waals surface area contributed by atoms with Crippen LogP contribution in [0.2, 0.25) is 0 Å². The summed E-state index contributed by atoms with van der Waals surface area (Å²) >= 11 is 0. The van der Waals surface area contributed by atoms with E-state index in [1.54, 1.807) is 36.4 Å². The van der Waals surface area contributed by atoms with Gasteiger partial charge in [0.2, 0.25) is 0 Å². The number of aryl methyl sites for hydroxylation is 2. The van der Waals surface area contributed by atoms with E-state index in [4.69, 9.17) is 9.47 Å². The number of fused-ring (bicyclic) bond motifs is 1. The third-order valence-corrected chi connectivity index (χ3v) is 8.03. The molecule has 1 heterocycles. The summed E-state index contributed by atoms with van der Waals surface area (Å²) < 4.78 is 40.3. The molecule has 0 unspecified atom stereocenters. The maximum absolute atomic E-state index is 13.6. The lowest BCUT2D eigenvalue weighted by atomic mass is 9.86. The summed E-state index contributed by atoms with van der Waals surface area (Å²) in [5.41, 5.74) is 3.28. The molecule has 8 heteroatoms. The highest BCUT2D eigenvalue weighted by Gasteiger charge is 2.37. The fourth-order valence-electron chi connectivity index (χ4n) is 4.22. The van der Waals surface area contributed by atoms with Crippen molar-refractivity contribution in [2.45, 2.75) is 51.0 Å². The molecule has 0 saturated heterocycles. The standard InChI is InChI=1S/C29H34N2O5S/c1-20-10-13-22(14-11-20)37(33,34)31-19-27(36-26-18-21(2)12-15-24(26)31)28(32)30-16-17-35-25-9-7-6-8-23(25)29(3,4)5/h6-15,18,27H,16-17,19H2,1-5H3,(H,30,32)/t27-/m1/s1. The average molecular weight is 523 g/mol. The Morgan fingerprint density at radius 3 is 2.41 bits per heavy atom. The number of carbonyl (C=O) groups is 1. The highest BCUT2D eigenvalue weighted by atomic mass is 32.2. The average Bonchev–Trinajstić information content (AvgIpc) is 2.85. The van der Waals surface area contributed by atoms with Gasteiger partial charge < -0.3 is 14.8 Å². The summed E-state index contributed by atoms with van der Waals surface area (Å²) in [5, 5.41) is 2.84. The van der Waals surface area contributed by atoms with Crippen LogP contribution < -0.4 is 19.1 Å². The Morgan fingerprint density at radius 1 is 1.03 bits per heavy atom. The molecular formula is C29H34N2O5S. The van der Waals surface area contributed by atoms with Gasteiger partial charge in [-0.3, -0.25) is 9.10 Å². The Morgan fingerprint density at radius 2 is 1.70 bits per heavy atom. The highest BCUT2D eigenvalue weighted by molar-refractivity contribution is 7.92. The molecule has 196 valence electrons. The van der Waals surface area contributed by atoms with Crippen molar-refractivity contribution in [1.82, 2.24) is 5.32 Å². The van der Waals surface area contributed by atoms with Crippen LogP contribution in [0.1, 0.15) is 37.5 Å². The van der Waals surface area contributed by atoms with Crippen molar-refractivity contribution in [3.8, 4) is 11.5 Å². The molecular weight excluding hydrogens is 488 g/mol. The van der Waals surface area contributed by atoms with Crippen LogP contribution >= 0.6 is 0 Å². The minimum Gasteiger partial charge on any atom is -0.491 e. The van der Waals surface area contributed by atoms with Gasteiger partial charge in [-0.25, -0.2) is 8.42 Å². The Balaban J connectivity index is 1.48. The molecule has 37 heavy (non-hydrogen) atoms. The predicted molar refractivity (Wildman–Crippen MR) is 145 cm³/mol. The van der Waals surface area contributed by atoms with E-state index in [9.17, 15) is 13.2 Å². The smallest absolute Gasteiger partial charge is 0.264 e. The Hall–Kier alpha value is -3.52. The molecule has 0 bridgehead atoms. The van der Waals surface area contributed by atoms with Crippen LogP contribution in [-0.2, 0) is 20.2 Å². The number of carbonyl (C=O) groups excluding carboxylic acids is 1. The van der Waals surface area contributed by atoms with Crippen molar-refractivity contribution >= 4 is 21.6 Å². The number of benzene rings is 3. The van der Waals surface area contributed by atoms with Gasteiger partial charge in [-0.2, -0.15) is 0 Å². The van der Waals surface area contributed by atoms with Crippen LogP contribution in [0.4, 0.5) is 5.69 Å². The lowest BCUT2D eigenvalue weighted by Crippen LogP contribution is -2.51. The maximum Gasteiger partial charge on any atom is 0.264 e. The topological polar surface area (TPSA) is 84.9 Å². The number of hydrogen-bond donors (Lipinski definition) is 1. The van der Waals surface area contributed by atoms with Crippen LogP contribution in [0, 0.1) is 13.8 Å². The molecule has 0 spiro atoms. The molecule has 1 N–H and O–H groups in total. The van der Waals surface area contributed by atoms with Gasteiger partial charge in [0.25, 0.3) is 15.9 Å². The van der Waals surface area contributed by atoms with E-state index >= 15 is 0 Å². The molecule has 7 nitrogen and oxygen atoms in total. The molecule has 0 aliphatic carbocycles. The molecule has 0 fully saturated rings. The Kier molecular flexibility index (Phi) is 7.50. The van der Waals surface area contributed by atoms with Crippen molar-refractivity contribution in [2.75, 3.05) is 24.0 Å². The highest BCUT2D eigenvalue weighted by Crippen LogP contribution is 2.38. The van der Waals surface area contributed by atoms with Crippen molar-refractivity contribution < 1.29 is 22.7 Å². The minimum atomic E-state index is -3.90. The third-order valence-electron chi connectivity index (χ3n) is 6.24. The number of para-hydroxylation sites is 1. The van der Waals surface area contributed by atoms with Crippen molar-refractivity contribution in [2.24, 2.45) is 0 Å². The van der Waals surface area contributed by atoms with Gasteiger partial charge in [0.15, 0.2) is 6.10 Å². The molecule has 1 amide bonds. The van der Waals surface area contributed by atoms with E-state index in [0.29, 0.717) is 11.4 Å². The third kappa shape index (κ3) is 5.91. The number of amides is 1. The summed E-state index contributed by atoms with van der Waals surface area (Å²) in [6.45, 7) is 10.5.